The summed E-state index contributed by atoms with van der Waals surface area (Å²) in [5.74, 6) is -1.07. The third-order valence-electron chi connectivity index (χ3n) is 5.54. The Bertz CT molecular complexity index is 1060. The highest BCUT2D eigenvalue weighted by atomic mass is 19.1. The van der Waals surface area contributed by atoms with Crippen LogP contribution < -0.4 is 4.90 Å². The average molecular weight is 420 g/mol. The summed E-state index contributed by atoms with van der Waals surface area (Å²) in [5, 5.41) is 4.04. The van der Waals surface area contributed by atoms with Crippen LogP contribution in [0.25, 0.3) is 5.69 Å². The number of nitrogens with zero attached hydrogens (tertiary/aromatic N) is 4. The standard InChI is InChI=1S/C24H25FN4O2/c1-18-6-9-20(10-7-18)28(17-23(30)27-13-3-2-4-14-27)24(31)19-8-11-22(21(25)16-19)29-15-5-12-26-29/h5-12,15-16H,2-4,13-14,17H2,1H3. The molecule has 1 aliphatic heterocycles. The predicted octanol–water partition coefficient (Wildman–Crippen LogP) is 3.98. The minimum atomic E-state index is -0.555. The second-order valence-corrected chi connectivity index (χ2v) is 7.79. The van der Waals surface area contributed by atoms with Gasteiger partial charge in [-0.3, -0.25) is 14.5 Å². The van der Waals surface area contributed by atoms with Crippen molar-refractivity contribution in [3.8, 4) is 5.69 Å². The zero-order valence-electron chi connectivity index (χ0n) is 17.5. The van der Waals surface area contributed by atoms with Crippen molar-refractivity contribution in [1.29, 1.82) is 0 Å². The van der Waals surface area contributed by atoms with Gasteiger partial charge in [-0.15, -0.1) is 0 Å². The number of hydrogen-bond acceptors (Lipinski definition) is 3. The van der Waals surface area contributed by atoms with Gasteiger partial charge in [0.1, 0.15) is 18.0 Å². The highest BCUT2D eigenvalue weighted by Crippen LogP contribution is 2.21. The first-order chi connectivity index (χ1) is 15.0. The number of amides is 2. The first kappa shape index (κ1) is 20.8. The van der Waals surface area contributed by atoms with Gasteiger partial charge in [0.2, 0.25) is 5.91 Å². The SMILES string of the molecule is Cc1ccc(N(CC(=O)N2CCCCC2)C(=O)c2ccc(-n3cccn3)c(F)c2)cc1. The largest absolute Gasteiger partial charge is 0.341 e. The maximum atomic E-state index is 14.7. The number of aryl methyl sites for hydroxylation is 1. The molecule has 160 valence electrons. The summed E-state index contributed by atoms with van der Waals surface area (Å²) >= 11 is 0. The van der Waals surface area contributed by atoms with Crippen LogP contribution in [0.1, 0.15) is 35.2 Å². The lowest BCUT2D eigenvalue weighted by Gasteiger charge is -2.30. The van der Waals surface area contributed by atoms with E-state index in [1.54, 1.807) is 29.4 Å². The van der Waals surface area contributed by atoms with Gasteiger partial charge in [-0.2, -0.15) is 5.10 Å². The van der Waals surface area contributed by atoms with E-state index < -0.39 is 11.7 Å². The lowest BCUT2D eigenvalue weighted by Crippen LogP contribution is -2.45. The summed E-state index contributed by atoms with van der Waals surface area (Å²) in [5.41, 5.74) is 2.10. The Labute approximate surface area is 180 Å². The minimum absolute atomic E-state index is 0.0789. The number of piperidine rings is 1. The molecule has 0 aliphatic carbocycles. The van der Waals surface area contributed by atoms with E-state index in [2.05, 4.69) is 5.10 Å². The van der Waals surface area contributed by atoms with E-state index in [1.165, 1.54) is 21.7 Å². The van der Waals surface area contributed by atoms with Crippen LogP contribution in [0.3, 0.4) is 0 Å². The van der Waals surface area contributed by atoms with Gasteiger partial charge in [0, 0.05) is 36.7 Å². The second-order valence-electron chi connectivity index (χ2n) is 7.79. The number of carbonyl (C=O) groups is 2. The molecule has 0 atom stereocenters. The van der Waals surface area contributed by atoms with Crippen LogP contribution in [-0.2, 0) is 4.79 Å². The van der Waals surface area contributed by atoms with Crippen molar-refractivity contribution < 1.29 is 14.0 Å². The molecule has 6 nitrogen and oxygen atoms in total. The van der Waals surface area contributed by atoms with Gasteiger partial charge in [0.15, 0.2) is 0 Å². The van der Waals surface area contributed by atoms with E-state index in [-0.39, 0.29) is 23.7 Å². The van der Waals surface area contributed by atoms with Crippen molar-refractivity contribution >= 4 is 17.5 Å². The molecule has 7 heteroatoms. The molecular formula is C24H25FN4O2. The fourth-order valence-electron chi connectivity index (χ4n) is 3.78. The molecule has 31 heavy (non-hydrogen) atoms. The molecule has 0 radical (unpaired) electrons. The van der Waals surface area contributed by atoms with Crippen LogP contribution in [0.4, 0.5) is 10.1 Å². The normalized spacial score (nSPS) is 13.8. The molecule has 3 aromatic rings. The first-order valence-electron chi connectivity index (χ1n) is 10.5. The lowest BCUT2D eigenvalue weighted by atomic mass is 10.1. The smallest absolute Gasteiger partial charge is 0.258 e. The molecule has 1 saturated heterocycles. The van der Waals surface area contributed by atoms with Crippen LogP contribution in [0.5, 0.6) is 0 Å². The van der Waals surface area contributed by atoms with Crippen LogP contribution in [-0.4, -0.2) is 46.1 Å². The topological polar surface area (TPSA) is 58.4 Å². The summed E-state index contributed by atoms with van der Waals surface area (Å²) in [6.07, 6.45) is 6.26. The zero-order chi connectivity index (χ0) is 21.8. The average Bonchev–Trinajstić information content (AvgIpc) is 3.33. The fourth-order valence-corrected chi connectivity index (χ4v) is 3.78. The van der Waals surface area contributed by atoms with Gasteiger partial charge in [-0.25, -0.2) is 9.07 Å². The van der Waals surface area contributed by atoms with Crippen molar-refractivity contribution in [1.82, 2.24) is 14.7 Å². The molecule has 1 fully saturated rings. The summed E-state index contributed by atoms with van der Waals surface area (Å²) in [6, 6.07) is 13.4. The molecule has 0 N–H and O–H groups in total. The summed E-state index contributed by atoms with van der Waals surface area (Å²) in [4.78, 5) is 29.5. The molecule has 1 aromatic heterocycles. The molecule has 4 rings (SSSR count). The highest BCUT2D eigenvalue weighted by Gasteiger charge is 2.25. The van der Waals surface area contributed by atoms with E-state index in [9.17, 15) is 14.0 Å². The Morgan fingerprint density at radius 1 is 1.06 bits per heavy atom. The van der Waals surface area contributed by atoms with Crippen molar-refractivity contribution in [2.75, 3.05) is 24.5 Å². The molecule has 0 saturated carbocycles. The Morgan fingerprint density at radius 3 is 2.45 bits per heavy atom. The van der Waals surface area contributed by atoms with Gasteiger partial charge in [0.25, 0.3) is 5.91 Å². The molecule has 2 aromatic carbocycles. The third-order valence-corrected chi connectivity index (χ3v) is 5.54. The number of halogens is 1. The number of hydrogen-bond donors (Lipinski definition) is 0. The van der Waals surface area contributed by atoms with E-state index in [0.29, 0.717) is 18.8 Å². The fraction of sp³-hybridized carbons (Fsp3) is 0.292. The van der Waals surface area contributed by atoms with Crippen molar-refractivity contribution in [3.05, 3.63) is 77.9 Å². The van der Waals surface area contributed by atoms with Crippen molar-refractivity contribution in [2.45, 2.75) is 26.2 Å². The van der Waals surface area contributed by atoms with Crippen molar-refractivity contribution in [3.63, 3.8) is 0 Å². The maximum Gasteiger partial charge on any atom is 0.258 e. The molecule has 0 unspecified atom stereocenters. The second kappa shape index (κ2) is 9.12. The summed E-state index contributed by atoms with van der Waals surface area (Å²) in [6.45, 7) is 3.30. The van der Waals surface area contributed by atoms with E-state index in [1.807, 2.05) is 31.2 Å². The number of likely N-dealkylation sites (tertiary alicyclic amines) is 1. The summed E-state index contributed by atoms with van der Waals surface area (Å²) in [7, 11) is 0. The summed E-state index contributed by atoms with van der Waals surface area (Å²) < 4.78 is 16.1. The molecular weight excluding hydrogens is 395 g/mol. The quantitative estimate of drug-likeness (QED) is 0.627. The zero-order valence-corrected chi connectivity index (χ0v) is 17.5. The van der Waals surface area contributed by atoms with Gasteiger partial charge >= 0.3 is 0 Å². The number of carbonyl (C=O) groups excluding carboxylic acids is 2. The van der Waals surface area contributed by atoms with Gasteiger partial charge < -0.3 is 4.90 Å². The third kappa shape index (κ3) is 4.66. The van der Waals surface area contributed by atoms with Crippen LogP contribution >= 0.6 is 0 Å². The Kier molecular flexibility index (Phi) is 6.11. The van der Waals surface area contributed by atoms with Crippen LogP contribution in [0.2, 0.25) is 0 Å². The Morgan fingerprint density at radius 2 is 1.81 bits per heavy atom. The first-order valence-corrected chi connectivity index (χ1v) is 10.5. The predicted molar refractivity (Wildman–Crippen MR) is 117 cm³/mol. The molecule has 0 bridgehead atoms. The molecule has 1 aliphatic rings. The monoisotopic (exact) mass is 420 g/mol. The van der Waals surface area contributed by atoms with Crippen LogP contribution in [0, 0.1) is 12.7 Å². The van der Waals surface area contributed by atoms with Gasteiger partial charge in [-0.05, 0) is 62.6 Å². The molecule has 2 heterocycles. The van der Waals surface area contributed by atoms with Crippen LogP contribution in [0.15, 0.2) is 60.9 Å². The number of aromatic nitrogens is 2. The molecule has 0 spiro atoms. The number of anilines is 1. The number of rotatable bonds is 5. The van der Waals surface area contributed by atoms with E-state index >= 15 is 0 Å². The number of benzene rings is 2. The molecule has 2 amide bonds. The Balaban J connectivity index is 1.62. The van der Waals surface area contributed by atoms with E-state index in [4.69, 9.17) is 0 Å². The van der Waals surface area contributed by atoms with E-state index in [0.717, 1.165) is 24.8 Å². The minimum Gasteiger partial charge on any atom is -0.341 e. The van der Waals surface area contributed by atoms with Gasteiger partial charge in [0.05, 0.1) is 0 Å². The maximum absolute atomic E-state index is 14.7. The highest BCUT2D eigenvalue weighted by molar-refractivity contribution is 6.08. The Hall–Kier alpha value is -3.48. The van der Waals surface area contributed by atoms with Crippen molar-refractivity contribution in [2.24, 2.45) is 0 Å². The lowest BCUT2D eigenvalue weighted by molar-refractivity contribution is -0.130. The van der Waals surface area contributed by atoms with Gasteiger partial charge in [-0.1, -0.05) is 17.7 Å².